The number of ether oxygens (including phenoxy) is 1. The van der Waals surface area contributed by atoms with E-state index in [9.17, 15) is 4.79 Å². The Bertz CT molecular complexity index is 297. The fourth-order valence-corrected chi connectivity index (χ4v) is 2.42. The average Bonchev–Trinajstić information content (AvgIpc) is 2.33. The van der Waals surface area contributed by atoms with Gasteiger partial charge in [-0.25, -0.2) is 4.79 Å². The van der Waals surface area contributed by atoms with Gasteiger partial charge in [0.15, 0.2) is 0 Å². The van der Waals surface area contributed by atoms with Gasteiger partial charge in [-0.15, -0.1) is 0 Å². The second-order valence-corrected chi connectivity index (χ2v) is 7.32. The number of piperidine rings is 1. The first-order chi connectivity index (χ1) is 9.28. The van der Waals surface area contributed by atoms with Gasteiger partial charge >= 0.3 is 6.09 Å². The molecular weight excluding hydrogens is 252 g/mol. The minimum absolute atomic E-state index is 0.163. The molecule has 118 valence electrons. The highest BCUT2D eigenvalue weighted by atomic mass is 16.6. The quantitative estimate of drug-likeness (QED) is 0.788. The van der Waals surface area contributed by atoms with Gasteiger partial charge in [-0.3, -0.25) is 0 Å². The average molecular weight is 284 g/mol. The van der Waals surface area contributed by atoms with E-state index in [0.717, 1.165) is 38.5 Å². The van der Waals surface area contributed by atoms with Crippen LogP contribution in [0.1, 0.15) is 53.9 Å². The predicted molar refractivity (Wildman–Crippen MR) is 82.9 cm³/mol. The van der Waals surface area contributed by atoms with Gasteiger partial charge in [0.25, 0.3) is 0 Å². The Kier molecular flexibility index (Phi) is 6.80. The van der Waals surface area contributed by atoms with Crippen LogP contribution in [0.5, 0.6) is 0 Å². The molecule has 20 heavy (non-hydrogen) atoms. The lowest BCUT2D eigenvalue weighted by Crippen LogP contribution is -2.45. The SMILES string of the molecule is CC(C)CCNCC1CCCN(C(=O)OC(C)(C)C)C1. The molecule has 4 heteroatoms. The molecule has 1 aliphatic heterocycles. The number of amides is 1. The van der Waals surface area contributed by atoms with Gasteiger partial charge in [-0.2, -0.15) is 0 Å². The molecule has 0 aromatic heterocycles. The van der Waals surface area contributed by atoms with Crippen molar-refractivity contribution in [3.05, 3.63) is 0 Å². The van der Waals surface area contributed by atoms with Crippen LogP contribution in [0.25, 0.3) is 0 Å². The molecule has 4 nitrogen and oxygen atoms in total. The molecule has 0 aromatic carbocycles. The summed E-state index contributed by atoms with van der Waals surface area (Å²) < 4.78 is 5.45. The fourth-order valence-electron chi connectivity index (χ4n) is 2.42. The van der Waals surface area contributed by atoms with E-state index in [1.165, 1.54) is 12.8 Å². The Morgan fingerprint density at radius 2 is 2.10 bits per heavy atom. The molecule has 1 aliphatic rings. The third kappa shape index (κ3) is 7.13. The van der Waals surface area contributed by atoms with E-state index >= 15 is 0 Å². The zero-order valence-electron chi connectivity index (χ0n) is 13.9. The molecular formula is C16H32N2O2. The summed E-state index contributed by atoms with van der Waals surface area (Å²) in [5, 5.41) is 3.52. The van der Waals surface area contributed by atoms with Crippen molar-refractivity contribution in [2.24, 2.45) is 11.8 Å². The minimum Gasteiger partial charge on any atom is -0.444 e. The lowest BCUT2D eigenvalue weighted by molar-refractivity contribution is 0.0166. The molecule has 1 saturated heterocycles. The van der Waals surface area contributed by atoms with Crippen molar-refractivity contribution in [1.29, 1.82) is 0 Å². The molecule has 0 aliphatic carbocycles. The highest BCUT2D eigenvalue weighted by Crippen LogP contribution is 2.18. The monoisotopic (exact) mass is 284 g/mol. The second-order valence-electron chi connectivity index (χ2n) is 7.32. The Labute approximate surface area is 124 Å². The molecule has 1 amide bonds. The lowest BCUT2D eigenvalue weighted by atomic mass is 9.98. The molecule has 1 fully saturated rings. The predicted octanol–water partition coefficient (Wildman–Crippen LogP) is 3.27. The normalized spacial score (nSPS) is 20.3. The number of nitrogens with zero attached hydrogens (tertiary/aromatic N) is 1. The summed E-state index contributed by atoms with van der Waals surface area (Å²) in [7, 11) is 0. The Balaban J connectivity index is 2.29. The van der Waals surface area contributed by atoms with E-state index in [2.05, 4.69) is 19.2 Å². The Hall–Kier alpha value is -0.770. The van der Waals surface area contributed by atoms with Crippen molar-refractivity contribution in [2.75, 3.05) is 26.2 Å². The Morgan fingerprint density at radius 3 is 2.70 bits per heavy atom. The third-order valence-corrected chi connectivity index (χ3v) is 3.50. The standard InChI is InChI=1S/C16H32N2O2/c1-13(2)8-9-17-11-14-7-6-10-18(12-14)15(19)20-16(3,4)5/h13-14,17H,6-12H2,1-5H3. The van der Waals surface area contributed by atoms with Crippen molar-refractivity contribution in [3.8, 4) is 0 Å². The van der Waals surface area contributed by atoms with Crippen molar-refractivity contribution in [2.45, 2.75) is 59.5 Å². The maximum absolute atomic E-state index is 12.1. The van der Waals surface area contributed by atoms with Crippen LogP contribution < -0.4 is 5.32 Å². The van der Waals surface area contributed by atoms with Crippen molar-refractivity contribution < 1.29 is 9.53 Å². The van der Waals surface area contributed by atoms with Crippen LogP contribution >= 0.6 is 0 Å². The molecule has 1 atom stereocenters. The zero-order chi connectivity index (χ0) is 15.2. The van der Waals surface area contributed by atoms with Gasteiger partial charge in [0.05, 0.1) is 0 Å². The molecule has 0 saturated carbocycles. The first-order valence-electron chi connectivity index (χ1n) is 7.96. The topological polar surface area (TPSA) is 41.6 Å². The maximum atomic E-state index is 12.1. The van der Waals surface area contributed by atoms with E-state index in [-0.39, 0.29) is 6.09 Å². The van der Waals surface area contributed by atoms with E-state index in [4.69, 9.17) is 4.74 Å². The van der Waals surface area contributed by atoms with Gasteiger partial charge in [0, 0.05) is 13.1 Å². The molecule has 0 radical (unpaired) electrons. The number of likely N-dealkylation sites (tertiary alicyclic amines) is 1. The molecule has 1 unspecified atom stereocenters. The van der Waals surface area contributed by atoms with Crippen LogP contribution in [-0.2, 0) is 4.74 Å². The molecule has 1 heterocycles. The summed E-state index contributed by atoms with van der Waals surface area (Å²) in [5.74, 6) is 1.30. The molecule has 1 rings (SSSR count). The van der Waals surface area contributed by atoms with Crippen molar-refractivity contribution >= 4 is 6.09 Å². The number of nitrogens with one attached hydrogen (secondary N) is 1. The van der Waals surface area contributed by atoms with Crippen LogP contribution in [0.2, 0.25) is 0 Å². The number of hydrogen-bond acceptors (Lipinski definition) is 3. The number of carbonyl (C=O) groups is 1. The third-order valence-electron chi connectivity index (χ3n) is 3.50. The van der Waals surface area contributed by atoms with Gasteiger partial charge < -0.3 is 15.0 Å². The first-order valence-corrected chi connectivity index (χ1v) is 7.96. The lowest BCUT2D eigenvalue weighted by Gasteiger charge is -2.34. The van der Waals surface area contributed by atoms with E-state index in [0.29, 0.717) is 5.92 Å². The molecule has 0 aromatic rings. The van der Waals surface area contributed by atoms with Crippen LogP contribution in [0, 0.1) is 11.8 Å². The van der Waals surface area contributed by atoms with Gasteiger partial charge in [0.1, 0.15) is 5.60 Å². The zero-order valence-corrected chi connectivity index (χ0v) is 13.9. The summed E-state index contributed by atoms with van der Waals surface area (Å²) in [6.45, 7) is 14.0. The van der Waals surface area contributed by atoms with Gasteiger partial charge in [0.2, 0.25) is 0 Å². The summed E-state index contributed by atoms with van der Waals surface area (Å²) in [6, 6.07) is 0. The molecule has 0 spiro atoms. The van der Waals surface area contributed by atoms with Crippen molar-refractivity contribution in [3.63, 3.8) is 0 Å². The molecule has 0 bridgehead atoms. The van der Waals surface area contributed by atoms with Gasteiger partial charge in [-0.05, 0) is 65.0 Å². The van der Waals surface area contributed by atoms with Crippen LogP contribution in [0.15, 0.2) is 0 Å². The van der Waals surface area contributed by atoms with E-state index in [1.807, 2.05) is 25.7 Å². The second kappa shape index (κ2) is 7.87. The highest BCUT2D eigenvalue weighted by Gasteiger charge is 2.27. The largest absolute Gasteiger partial charge is 0.444 e. The number of hydrogen-bond donors (Lipinski definition) is 1. The van der Waals surface area contributed by atoms with Gasteiger partial charge in [-0.1, -0.05) is 13.8 Å². The van der Waals surface area contributed by atoms with Crippen LogP contribution in [0.4, 0.5) is 4.79 Å². The summed E-state index contributed by atoms with van der Waals surface area (Å²) in [4.78, 5) is 13.9. The van der Waals surface area contributed by atoms with Crippen LogP contribution in [-0.4, -0.2) is 42.8 Å². The first kappa shape index (κ1) is 17.3. The highest BCUT2D eigenvalue weighted by molar-refractivity contribution is 5.68. The summed E-state index contributed by atoms with van der Waals surface area (Å²) >= 11 is 0. The summed E-state index contributed by atoms with van der Waals surface area (Å²) in [6.07, 6.45) is 3.33. The molecule has 1 N–H and O–H groups in total. The van der Waals surface area contributed by atoms with E-state index in [1.54, 1.807) is 0 Å². The maximum Gasteiger partial charge on any atom is 0.410 e. The summed E-state index contributed by atoms with van der Waals surface area (Å²) in [5.41, 5.74) is -0.403. The fraction of sp³-hybridized carbons (Fsp3) is 0.938. The van der Waals surface area contributed by atoms with Crippen LogP contribution in [0.3, 0.4) is 0 Å². The van der Waals surface area contributed by atoms with E-state index < -0.39 is 5.60 Å². The number of rotatable bonds is 5. The Morgan fingerprint density at radius 1 is 1.40 bits per heavy atom. The minimum atomic E-state index is -0.403. The van der Waals surface area contributed by atoms with Crippen molar-refractivity contribution in [1.82, 2.24) is 10.2 Å². The smallest absolute Gasteiger partial charge is 0.410 e. The number of carbonyl (C=O) groups excluding carboxylic acids is 1.